The molecule has 0 rings (SSSR count). The van der Waals surface area contributed by atoms with Crippen molar-refractivity contribution in [2.75, 3.05) is 6.61 Å². The highest BCUT2D eigenvalue weighted by Gasteiger charge is 2.58. The molecule has 9 nitrogen and oxygen atoms in total. The molecule has 0 aromatic rings. The summed E-state index contributed by atoms with van der Waals surface area (Å²) in [6.45, 7) is 26.0. The van der Waals surface area contributed by atoms with Gasteiger partial charge in [0.25, 0.3) is 0 Å². The van der Waals surface area contributed by atoms with Crippen molar-refractivity contribution in [2.45, 2.75) is 38.3 Å². The number of hydrogen-bond acceptors (Lipinski definition) is 9. The van der Waals surface area contributed by atoms with Crippen LogP contribution in [0.3, 0.4) is 0 Å². The standard InChI is InChI=1S/C13H24N6O3Si/c1-10-20-23(9,21-11(2)14-3)22-13(18-7,19-8)12(15-4,16-5)17-6/h11H,3-8,10H2,1-2,9H3. The Morgan fingerprint density at radius 1 is 0.957 bits per heavy atom. The Kier molecular flexibility index (Phi) is 7.96. The Balaban J connectivity index is 6.02. The zero-order valence-corrected chi connectivity index (χ0v) is 14.9. The van der Waals surface area contributed by atoms with Crippen LogP contribution in [0.2, 0.25) is 6.55 Å². The zero-order valence-electron chi connectivity index (χ0n) is 13.9. The average Bonchev–Trinajstić information content (AvgIpc) is 2.55. The number of rotatable bonds is 13. The van der Waals surface area contributed by atoms with Crippen LogP contribution in [-0.2, 0) is 13.3 Å². The van der Waals surface area contributed by atoms with Crippen molar-refractivity contribution >= 4 is 49.1 Å². The van der Waals surface area contributed by atoms with Crippen molar-refractivity contribution in [1.29, 1.82) is 0 Å². The molecule has 0 aliphatic rings. The zero-order chi connectivity index (χ0) is 18.1. The van der Waals surface area contributed by atoms with E-state index in [9.17, 15) is 0 Å². The summed E-state index contributed by atoms with van der Waals surface area (Å²) >= 11 is 0. The van der Waals surface area contributed by atoms with E-state index in [2.05, 4.69) is 70.3 Å². The number of hydrogen-bond donors (Lipinski definition) is 0. The number of nitrogens with zero attached hydrogens (tertiary/aromatic N) is 6. The molecule has 0 aromatic carbocycles. The van der Waals surface area contributed by atoms with E-state index in [1.54, 1.807) is 20.4 Å². The SMILES string of the molecule is C=NC(C)O[Si](C)(OCC)OC(N=C)(N=C)C(N=C)(N=C)N=C. The van der Waals surface area contributed by atoms with Gasteiger partial charge >= 0.3 is 20.4 Å². The van der Waals surface area contributed by atoms with Crippen LogP contribution in [0.4, 0.5) is 0 Å². The first kappa shape index (κ1) is 21.1. The topological polar surface area (TPSA) is 102 Å². The van der Waals surface area contributed by atoms with E-state index in [0.29, 0.717) is 6.61 Å². The van der Waals surface area contributed by atoms with Gasteiger partial charge in [-0.3, -0.25) is 4.99 Å². The third kappa shape index (κ3) is 4.32. The van der Waals surface area contributed by atoms with Crippen molar-refractivity contribution in [1.82, 2.24) is 0 Å². The van der Waals surface area contributed by atoms with Crippen LogP contribution < -0.4 is 0 Å². The summed E-state index contributed by atoms with van der Waals surface area (Å²) in [5.41, 5.74) is 0. The third-order valence-corrected chi connectivity index (χ3v) is 5.14. The fourth-order valence-corrected chi connectivity index (χ4v) is 3.99. The summed E-state index contributed by atoms with van der Waals surface area (Å²) in [6.07, 6.45) is -0.579. The predicted molar refractivity (Wildman–Crippen MR) is 97.6 cm³/mol. The third-order valence-electron chi connectivity index (χ3n) is 2.90. The van der Waals surface area contributed by atoms with E-state index in [0.717, 1.165) is 0 Å². The maximum atomic E-state index is 5.92. The van der Waals surface area contributed by atoms with Crippen molar-refractivity contribution in [3.8, 4) is 0 Å². The van der Waals surface area contributed by atoms with E-state index in [1.807, 2.05) is 0 Å². The smallest absolute Gasteiger partial charge is 0.374 e. The second-order valence-corrected chi connectivity index (χ2v) is 6.78. The highest BCUT2D eigenvalue weighted by molar-refractivity contribution is 6.59. The Hall–Kier alpha value is -1.88. The minimum absolute atomic E-state index is 0.314. The molecule has 0 N–H and O–H groups in total. The molecule has 0 spiro atoms. The lowest BCUT2D eigenvalue weighted by Gasteiger charge is -2.40. The van der Waals surface area contributed by atoms with Crippen LogP contribution in [0.5, 0.6) is 0 Å². The molecule has 10 heteroatoms. The summed E-state index contributed by atoms with van der Waals surface area (Å²) in [6, 6.07) is 0. The normalized spacial score (nSPS) is 15.8. The first-order valence-electron chi connectivity index (χ1n) is 6.65. The van der Waals surface area contributed by atoms with Crippen LogP contribution in [0.15, 0.2) is 30.0 Å². The number of aliphatic imine (C=N–C) groups is 6. The molecular formula is C13H24N6O3Si. The second kappa shape index (κ2) is 8.67. The molecule has 128 valence electrons. The lowest BCUT2D eigenvalue weighted by molar-refractivity contribution is -0.0642. The minimum atomic E-state index is -3.33. The van der Waals surface area contributed by atoms with Crippen molar-refractivity contribution in [3.05, 3.63) is 0 Å². The van der Waals surface area contributed by atoms with Gasteiger partial charge in [0.05, 0.1) is 0 Å². The summed E-state index contributed by atoms with van der Waals surface area (Å²) in [5.74, 6) is -3.68. The van der Waals surface area contributed by atoms with Crippen molar-refractivity contribution in [3.63, 3.8) is 0 Å². The highest BCUT2D eigenvalue weighted by atomic mass is 28.4. The van der Waals surface area contributed by atoms with Gasteiger partial charge in [0.2, 0.25) is 0 Å². The van der Waals surface area contributed by atoms with E-state index >= 15 is 0 Å². The minimum Gasteiger partial charge on any atom is -0.374 e. The Morgan fingerprint density at radius 2 is 1.43 bits per heavy atom. The van der Waals surface area contributed by atoms with Gasteiger partial charge in [-0.2, -0.15) is 0 Å². The maximum Gasteiger partial charge on any atom is 0.502 e. The quantitative estimate of drug-likeness (QED) is 0.375. The van der Waals surface area contributed by atoms with Gasteiger partial charge in [0.15, 0.2) is 0 Å². The monoisotopic (exact) mass is 340 g/mol. The molecule has 0 heterocycles. The summed E-state index contributed by atoms with van der Waals surface area (Å²) in [4.78, 5) is 22.8. The van der Waals surface area contributed by atoms with Gasteiger partial charge in [-0.25, -0.2) is 25.0 Å². The fraction of sp³-hybridized carbons (Fsp3) is 0.538. The molecule has 0 aliphatic carbocycles. The first-order valence-corrected chi connectivity index (χ1v) is 8.87. The molecule has 0 aliphatic heterocycles. The van der Waals surface area contributed by atoms with Gasteiger partial charge in [0, 0.05) is 13.2 Å². The van der Waals surface area contributed by atoms with Crippen LogP contribution in [-0.4, -0.2) is 73.6 Å². The maximum absolute atomic E-state index is 5.92. The Bertz CT molecular complexity index is 457. The van der Waals surface area contributed by atoms with Crippen molar-refractivity contribution in [2.24, 2.45) is 30.0 Å². The second-order valence-electron chi connectivity index (χ2n) is 4.33. The van der Waals surface area contributed by atoms with E-state index in [4.69, 9.17) is 13.3 Å². The molecule has 0 radical (unpaired) electrons. The predicted octanol–water partition coefficient (Wildman–Crippen LogP) is 1.48. The van der Waals surface area contributed by atoms with Gasteiger partial charge in [-0.05, 0) is 54.2 Å². The molecule has 0 saturated heterocycles. The highest BCUT2D eigenvalue weighted by Crippen LogP contribution is 2.37. The average molecular weight is 340 g/mol. The van der Waals surface area contributed by atoms with Gasteiger partial charge < -0.3 is 13.3 Å². The van der Waals surface area contributed by atoms with Crippen LogP contribution in [0.25, 0.3) is 0 Å². The van der Waals surface area contributed by atoms with Gasteiger partial charge in [-0.1, -0.05) is 0 Å². The van der Waals surface area contributed by atoms with Crippen LogP contribution in [0.1, 0.15) is 13.8 Å². The molecule has 2 atom stereocenters. The molecule has 0 aromatic heterocycles. The summed E-state index contributed by atoms with van der Waals surface area (Å²) in [5, 5.41) is 0. The van der Waals surface area contributed by atoms with Crippen LogP contribution >= 0.6 is 0 Å². The molecule has 0 fully saturated rings. The lowest BCUT2D eigenvalue weighted by Crippen LogP contribution is -2.58. The van der Waals surface area contributed by atoms with Gasteiger partial charge in [-0.15, -0.1) is 0 Å². The summed E-state index contributed by atoms with van der Waals surface area (Å²) in [7, 11) is -3.33. The Morgan fingerprint density at radius 3 is 1.74 bits per heavy atom. The molecule has 0 amide bonds. The van der Waals surface area contributed by atoms with E-state index < -0.39 is 26.7 Å². The van der Waals surface area contributed by atoms with Gasteiger partial charge in [0.1, 0.15) is 6.23 Å². The summed E-state index contributed by atoms with van der Waals surface area (Å²) < 4.78 is 17.3. The van der Waals surface area contributed by atoms with Crippen LogP contribution in [0, 0.1) is 0 Å². The fourth-order valence-electron chi connectivity index (χ4n) is 1.81. The molecular weight excluding hydrogens is 316 g/mol. The molecule has 2 unspecified atom stereocenters. The van der Waals surface area contributed by atoms with Crippen molar-refractivity contribution < 1.29 is 13.3 Å². The first-order chi connectivity index (χ1) is 10.8. The molecule has 0 saturated carbocycles. The molecule has 0 bridgehead atoms. The van der Waals surface area contributed by atoms with E-state index in [1.165, 1.54) is 0 Å². The lowest BCUT2D eigenvalue weighted by atomic mass is 10.2. The van der Waals surface area contributed by atoms with E-state index in [-0.39, 0.29) is 0 Å². The Labute approximate surface area is 138 Å². The largest absolute Gasteiger partial charge is 0.502 e. The molecule has 23 heavy (non-hydrogen) atoms.